The van der Waals surface area contributed by atoms with E-state index in [4.69, 9.17) is 24.9 Å². The molecule has 0 spiro atoms. The van der Waals surface area contributed by atoms with Gasteiger partial charge in [0.25, 0.3) is 0 Å². The Hall–Kier alpha value is -0.270. The van der Waals surface area contributed by atoms with E-state index in [2.05, 4.69) is 4.52 Å². The van der Waals surface area contributed by atoms with Crippen LogP contribution in [0.3, 0.4) is 0 Å². The van der Waals surface area contributed by atoms with E-state index in [1.807, 2.05) is 0 Å². The number of aliphatic hydroxyl groups excluding tert-OH is 1. The number of aliphatic carboxylic acids is 1. The summed E-state index contributed by atoms with van der Waals surface area (Å²) in [4.78, 5) is 36.8. The average molecular weight is 278 g/mol. The fourth-order valence-electron chi connectivity index (χ4n) is 0.783. The van der Waals surface area contributed by atoms with Gasteiger partial charge in [-0.05, 0) is 0 Å². The van der Waals surface area contributed by atoms with Gasteiger partial charge in [0.05, 0.1) is 19.4 Å². The van der Waals surface area contributed by atoms with Crippen LogP contribution in [0.4, 0.5) is 0 Å². The summed E-state index contributed by atoms with van der Waals surface area (Å²) in [7, 11) is -9.48. The van der Waals surface area contributed by atoms with E-state index in [0.717, 1.165) is 0 Å². The van der Waals surface area contributed by atoms with Gasteiger partial charge < -0.3 is 29.4 Å². The zero-order chi connectivity index (χ0) is 13.0. The first kappa shape index (κ1) is 15.7. The largest absolute Gasteiger partial charge is 0.481 e. The summed E-state index contributed by atoms with van der Waals surface area (Å²) >= 11 is 0. The van der Waals surface area contributed by atoms with Crippen LogP contribution < -0.4 is 0 Å². The van der Waals surface area contributed by atoms with E-state index < -0.39 is 46.2 Å². The Morgan fingerprint density at radius 3 is 2.06 bits per heavy atom. The molecule has 0 amide bonds. The summed E-state index contributed by atoms with van der Waals surface area (Å²) in [6, 6.07) is 0. The lowest BCUT2D eigenvalue weighted by molar-refractivity contribution is -0.136. The number of hydrogen-bond donors (Lipinski definition) is 5. The molecule has 11 heteroatoms. The Balaban J connectivity index is 4.71. The molecule has 0 aliphatic heterocycles. The lowest BCUT2D eigenvalue weighted by Crippen LogP contribution is -2.25. The van der Waals surface area contributed by atoms with E-state index in [1.165, 1.54) is 0 Å². The molecule has 0 aliphatic carbocycles. The molecule has 2 atom stereocenters. The molecule has 0 aromatic heterocycles. The van der Waals surface area contributed by atoms with E-state index in [-0.39, 0.29) is 0 Å². The third-order valence-electron chi connectivity index (χ3n) is 1.48. The smallest absolute Gasteiger partial charge is 0.340 e. The number of carbonyl (C=O) groups is 1. The summed E-state index contributed by atoms with van der Waals surface area (Å²) in [6.07, 6.45) is -1.22. The molecule has 5 N–H and O–H groups in total. The van der Waals surface area contributed by atoms with Gasteiger partial charge in [-0.3, -0.25) is 13.9 Å². The maximum absolute atomic E-state index is 11.1. The summed E-state index contributed by atoms with van der Waals surface area (Å²) in [6.45, 7) is -1.10. The first-order valence-corrected chi connectivity index (χ1v) is 7.40. The van der Waals surface area contributed by atoms with E-state index in [1.54, 1.807) is 0 Å². The van der Waals surface area contributed by atoms with Crippen molar-refractivity contribution in [2.24, 2.45) is 0 Å². The average Bonchev–Trinajstić information content (AvgIpc) is 2.09. The van der Waals surface area contributed by atoms with Crippen LogP contribution in [-0.2, 0) is 18.4 Å². The Morgan fingerprint density at radius 2 is 1.75 bits per heavy atom. The standard InChI is InChI=1S/C5H12O9P2/c6-1-2-14-15(9,10)3-4(5(7)8)16(11,12)13/h4,6H,1-3H2,(H,7,8)(H,9,10)(H2,11,12,13). The zero-order valence-electron chi connectivity index (χ0n) is 7.96. The van der Waals surface area contributed by atoms with Crippen LogP contribution in [0, 0.1) is 0 Å². The SMILES string of the molecule is O=C(O)C(CP(=O)(O)OCCO)P(=O)(O)O. The molecule has 16 heavy (non-hydrogen) atoms. The van der Waals surface area contributed by atoms with Crippen LogP contribution in [0.5, 0.6) is 0 Å². The Morgan fingerprint density at radius 1 is 1.25 bits per heavy atom. The van der Waals surface area contributed by atoms with Crippen molar-refractivity contribution in [3.8, 4) is 0 Å². The first-order chi connectivity index (χ1) is 7.10. The molecular formula is C5H12O9P2. The summed E-state index contributed by atoms with van der Waals surface area (Å²) in [5.41, 5.74) is -2.30. The van der Waals surface area contributed by atoms with Crippen LogP contribution in [0.1, 0.15) is 0 Å². The van der Waals surface area contributed by atoms with Crippen molar-refractivity contribution in [1.82, 2.24) is 0 Å². The predicted molar refractivity (Wildman–Crippen MR) is 51.2 cm³/mol. The second-order valence-electron chi connectivity index (χ2n) is 2.82. The fourth-order valence-corrected chi connectivity index (χ4v) is 3.61. The molecule has 0 bridgehead atoms. The third-order valence-corrected chi connectivity index (χ3v) is 4.40. The molecule has 0 heterocycles. The number of aliphatic hydroxyl groups is 1. The van der Waals surface area contributed by atoms with Gasteiger partial charge in [0, 0.05) is 0 Å². The molecule has 0 aliphatic rings. The lowest BCUT2D eigenvalue weighted by Gasteiger charge is -2.17. The molecular weight excluding hydrogens is 266 g/mol. The van der Waals surface area contributed by atoms with Crippen LogP contribution in [-0.4, -0.2) is 55.9 Å². The number of carboxylic acids is 1. The van der Waals surface area contributed by atoms with Crippen LogP contribution in [0.15, 0.2) is 0 Å². The van der Waals surface area contributed by atoms with Crippen LogP contribution in [0.2, 0.25) is 0 Å². The van der Waals surface area contributed by atoms with Gasteiger partial charge in [-0.25, -0.2) is 0 Å². The van der Waals surface area contributed by atoms with Crippen molar-refractivity contribution >= 4 is 21.2 Å². The van der Waals surface area contributed by atoms with Gasteiger partial charge in [0.1, 0.15) is 0 Å². The Kier molecular flexibility index (Phi) is 5.78. The van der Waals surface area contributed by atoms with Gasteiger partial charge >= 0.3 is 21.2 Å². The first-order valence-electron chi connectivity index (χ1n) is 3.95. The number of carboxylic acid groups (broad SMARTS) is 1. The maximum Gasteiger partial charge on any atom is 0.340 e. The molecule has 0 aromatic rings. The molecule has 2 unspecified atom stereocenters. The highest BCUT2D eigenvalue weighted by Crippen LogP contribution is 2.51. The number of hydrogen-bond acceptors (Lipinski definition) is 5. The van der Waals surface area contributed by atoms with Gasteiger partial charge in [0.2, 0.25) is 0 Å². The Labute approximate surface area is 90.4 Å². The molecule has 0 saturated heterocycles. The monoisotopic (exact) mass is 278 g/mol. The van der Waals surface area contributed by atoms with Crippen molar-refractivity contribution in [3.05, 3.63) is 0 Å². The van der Waals surface area contributed by atoms with Crippen molar-refractivity contribution < 1.29 is 43.3 Å². The highest BCUT2D eigenvalue weighted by Gasteiger charge is 2.41. The van der Waals surface area contributed by atoms with Crippen molar-refractivity contribution in [2.75, 3.05) is 19.4 Å². The lowest BCUT2D eigenvalue weighted by atomic mass is 10.5. The minimum atomic E-state index is -5.03. The van der Waals surface area contributed by atoms with Gasteiger partial charge in [-0.1, -0.05) is 0 Å². The van der Waals surface area contributed by atoms with E-state index in [0.29, 0.717) is 0 Å². The predicted octanol–water partition coefficient (Wildman–Crippen LogP) is -1.19. The van der Waals surface area contributed by atoms with E-state index >= 15 is 0 Å². The second kappa shape index (κ2) is 5.88. The topological polar surface area (TPSA) is 162 Å². The van der Waals surface area contributed by atoms with Gasteiger partial charge in [-0.15, -0.1) is 0 Å². The molecule has 0 fully saturated rings. The zero-order valence-corrected chi connectivity index (χ0v) is 9.75. The van der Waals surface area contributed by atoms with E-state index in [9.17, 15) is 13.9 Å². The minimum absolute atomic E-state index is 0.527. The molecule has 0 saturated carbocycles. The minimum Gasteiger partial charge on any atom is -0.481 e. The molecule has 0 aromatic carbocycles. The van der Waals surface area contributed by atoms with Crippen LogP contribution in [0.25, 0.3) is 0 Å². The highest BCUT2D eigenvalue weighted by molar-refractivity contribution is 7.58. The summed E-state index contributed by atoms with van der Waals surface area (Å²) in [5, 5.41) is 16.8. The van der Waals surface area contributed by atoms with Crippen LogP contribution >= 0.6 is 15.2 Å². The van der Waals surface area contributed by atoms with Gasteiger partial charge in [0.15, 0.2) is 5.66 Å². The van der Waals surface area contributed by atoms with Gasteiger partial charge in [-0.2, -0.15) is 0 Å². The normalized spacial score (nSPS) is 17.8. The fraction of sp³-hybridized carbons (Fsp3) is 0.800. The highest BCUT2D eigenvalue weighted by atomic mass is 31.2. The van der Waals surface area contributed by atoms with Crippen molar-refractivity contribution in [2.45, 2.75) is 5.66 Å². The number of rotatable bonds is 7. The van der Waals surface area contributed by atoms with Crippen molar-refractivity contribution in [3.63, 3.8) is 0 Å². The molecule has 0 radical (unpaired) electrons. The molecule has 0 rings (SSSR count). The summed E-state index contributed by atoms with van der Waals surface area (Å²) < 4.78 is 26.1. The maximum atomic E-state index is 11.1. The second-order valence-corrected chi connectivity index (χ2v) is 6.52. The quantitative estimate of drug-likeness (QED) is 0.360. The molecule has 9 nitrogen and oxygen atoms in total. The van der Waals surface area contributed by atoms with Crippen molar-refractivity contribution in [1.29, 1.82) is 0 Å². The summed E-state index contributed by atoms with van der Waals surface area (Å²) in [5.74, 6) is -1.89. The molecule has 96 valence electrons. The third kappa shape index (κ3) is 5.72. The Bertz CT molecular complexity index is 333.